The molecule has 7 rings (SSSR count). The van der Waals surface area contributed by atoms with Gasteiger partial charge in [-0.05, 0) is 118 Å². The highest BCUT2D eigenvalue weighted by Gasteiger charge is 2.70. The first kappa shape index (κ1) is 52.5. The van der Waals surface area contributed by atoms with Crippen molar-refractivity contribution in [2.24, 2.45) is 11.8 Å². The highest BCUT2D eigenvalue weighted by atomic mass is 16.6. The fraction of sp³-hybridized carbons (Fsp3) is 0.630. The van der Waals surface area contributed by atoms with Crippen LogP contribution in [0.2, 0.25) is 0 Å². The smallest absolute Gasteiger partial charge is 0.246 e. The molecule has 5 atom stereocenters. The Morgan fingerprint density at radius 2 is 1.35 bits per heavy atom. The lowest BCUT2D eigenvalue weighted by atomic mass is 9.58. The fourth-order valence-corrected chi connectivity index (χ4v) is 10.8. The Bertz CT molecular complexity index is 2090. The third-order valence-electron chi connectivity index (χ3n) is 14.2. The summed E-state index contributed by atoms with van der Waals surface area (Å²) in [5, 5.41) is 6.06. The van der Waals surface area contributed by atoms with E-state index in [1.165, 1.54) is 43.4 Å². The van der Waals surface area contributed by atoms with E-state index in [0.29, 0.717) is 152 Å². The number of nitrogens with one attached hydrogen (secondary N) is 2. The molecular weight excluding hydrogens is 883 g/mol. The Morgan fingerprint density at radius 3 is 2.00 bits per heavy atom. The molecule has 15 heteroatoms. The van der Waals surface area contributed by atoms with Gasteiger partial charge in [-0.3, -0.25) is 19.2 Å². The predicted molar refractivity (Wildman–Crippen MR) is 262 cm³/mol. The minimum absolute atomic E-state index is 0.0263. The lowest BCUT2D eigenvalue weighted by Crippen LogP contribution is -2.41. The van der Waals surface area contributed by atoms with Gasteiger partial charge in [0.25, 0.3) is 0 Å². The maximum Gasteiger partial charge on any atom is 0.246 e. The number of Topliss-reactive ketones (excluding diaryl/α,β-unsaturated/α-hetero) is 2. The molecule has 2 N–H and O–H groups in total. The Labute approximate surface area is 408 Å². The van der Waals surface area contributed by atoms with Crippen LogP contribution in [0, 0.1) is 11.8 Å². The zero-order chi connectivity index (χ0) is 48.4. The second-order valence-corrected chi connectivity index (χ2v) is 18.8. The minimum Gasteiger partial charge on any atom is -0.384 e. The molecule has 1 heterocycles. The number of nitrogens with zero attached hydrogens (tertiary/aromatic N) is 1. The monoisotopic (exact) mass is 958 g/mol. The second-order valence-electron chi connectivity index (χ2n) is 18.8. The van der Waals surface area contributed by atoms with Crippen LogP contribution in [0.25, 0.3) is 0 Å². The number of amides is 1. The number of hydrogen-bond acceptors (Lipinski definition) is 14. The lowest BCUT2D eigenvalue weighted by molar-refractivity contribution is -0.126. The van der Waals surface area contributed by atoms with E-state index in [2.05, 4.69) is 46.8 Å². The third kappa shape index (κ3) is 14.6. The van der Waals surface area contributed by atoms with Crippen molar-refractivity contribution in [3.63, 3.8) is 0 Å². The third-order valence-corrected chi connectivity index (χ3v) is 14.2. The van der Waals surface area contributed by atoms with Crippen LogP contribution >= 0.6 is 0 Å². The van der Waals surface area contributed by atoms with Gasteiger partial charge in [0.05, 0.1) is 89.9 Å². The van der Waals surface area contributed by atoms with E-state index in [1.807, 2.05) is 6.08 Å². The molecule has 5 aliphatic rings. The summed E-state index contributed by atoms with van der Waals surface area (Å²) in [5.74, 6) is 1.40. The lowest BCUT2D eigenvalue weighted by Gasteiger charge is -2.46. The topological polar surface area (TPSA) is 173 Å². The van der Waals surface area contributed by atoms with Crippen molar-refractivity contribution >= 4 is 34.6 Å². The first-order valence-corrected chi connectivity index (χ1v) is 25.3. The molecule has 69 heavy (non-hydrogen) atoms. The van der Waals surface area contributed by atoms with Gasteiger partial charge in [-0.25, -0.2) is 0 Å². The van der Waals surface area contributed by atoms with Crippen molar-refractivity contribution < 1.29 is 57.1 Å². The summed E-state index contributed by atoms with van der Waals surface area (Å²) in [6.07, 6.45) is 11.1. The molecule has 1 spiro atoms. The summed E-state index contributed by atoms with van der Waals surface area (Å²) < 4.78 is 45.7. The zero-order valence-electron chi connectivity index (χ0n) is 41.2. The van der Waals surface area contributed by atoms with Crippen molar-refractivity contribution in [3.8, 4) is 0 Å². The van der Waals surface area contributed by atoms with Gasteiger partial charge in [0.1, 0.15) is 6.61 Å². The molecule has 3 fully saturated rings. The summed E-state index contributed by atoms with van der Waals surface area (Å²) in [6.45, 7) is 10.8. The summed E-state index contributed by atoms with van der Waals surface area (Å²) in [7, 11) is 2.10. The quantitative estimate of drug-likeness (QED) is 0.0441. The Kier molecular flexibility index (Phi) is 20.4. The zero-order valence-corrected chi connectivity index (χ0v) is 41.2. The van der Waals surface area contributed by atoms with Crippen LogP contribution in [0.3, 0.4) is 0 Å². The van der Waals surface area contributed by atoms with Crippen molar-refractivity contribution in [2.45, 2.75) is 89.3 Å². The number of carbonyl (C=O) groups excluding carboxylic acids is 4. The molecule has 378 valence electrons. The largest absolute Gasteiger partial charge is 0.384 e. The first-order chi connectivity index (χ1) is 33.7. The SMILES string of the molecule is CC(=O)c1cccc(NCCCOCCOCCOCCCNC(=O)COCCOCCOCCOCCN(C)c2ccc(C3CC45OC4CCC5C4CCC5=CC(=O)CCC5=C34)cc2)c1C(C)=O. The van der Waals surface area contributed by atoms with Gasteiger partial charge in [0.15, 0.2) is 17.3 Å². The van der Waals surface area contributed by atoms with Crippen molar-refractivity contribution in [1.82, 2.24) is 5.32 Å². The maximum atomic E-state index is 12.3. The Hall–Kier alpha value is -4.32. The molecule has 0 bridgehead atoms. The van der Waals surface area contributed by atoms with Crippen LogP contribution in [0.15, 0.2) is 65.3 Å². The Balaban J connectivity index is 0.622. The number of rotatable bonds is 33. The average molecular weight is 958 g/mol. The molecule has 1 aliphatic heterocycles. The standard InChI is InChI=1S/C54H75N3O12/c1-38(58)44-7-4-8-49(52(44)39(2)59)55-19-5-22-62-25-28-65-29-26-63-23-6-20-56-51(61)37-68-34-33-67-32-31-66-30-27-64-24-21-57(3)42-12-9-40(10-13-42)47-36-54-48(17-18-50(54)69-54)46-15-11-41-35-43(60)14-16-45(41)53(46)47/h4,7-10,12-13,35,46-48,50,55H,5-6,11,14-34,36-37H2,1-3H3,(H,56,61). The molecule has 5 unspecified atom stereocenters. The second kappa shape index (κ2) is 26.8. The normalized spacial score (nSPS) is 22.3. The summed E-state index contributed by atoms with van der Waals surface area (Å²) >= 11 is 0. The van der Waals surface area contributed by atoms with E-state index in [4.69, 9.17) is 37.9 Å². The van der Waals surface area contributed by atoms with Gasteiger partial charge in [0.2, 0.25) is 5.91 Å². The number of anilines is 2. The van der Waals surface area contributed by atoms with Crippen LogP contribution < -0.4 is 15.5 Å². The van der Waals surface area contributed by atoms with Crippen molar-refractivity contribution in [1.29, 1.82) is 0 Å². The minimum atomic E-state index is -0.181. The number of carbonyl (C=O) groups is 4. The van der Waals surface area contributed by atoms with Crippen LogP contribution in [0.1, 0.15) is 104 Å². The van der Waals surface area contributed by atoms with Gasteiger partial charge < -0.3 is 53.4 Å². The van der Waals surface area contributed by atoms with E-state index >= 15 is 0 Å². The number of epoxide rings is 1. The van der Waals surface area contributed by atoms with E-state index < -0.39 is 0 Å². The maximum absolute atomic E-state index is 12.3. The number of hydrogen-bond donors (Lipinski definition) is 2. The number of likely N-dealkylation sites (N-methyl/N-ethyl adjacent to an activating group) is 1. The van der Waals surface area contributed by atoms with E-state index in [-0.39, 0.29) is 35.5 Å². The van der Waals surface area contributed by atoms with Crippen LogP contribution in [0.5, 0.6) is 0 Å². The molecular formula is C54H75N3O12. The molecule has 4 aliphatic carbocycles. The predicted octanol–water partition coefficient (Wildman–Crippen LogP) is 6.68. The molecule has 1 saturated heterocycles. The Morgan fingerprint density at radius 1 is 0.710 bits per heavy atom. The molecule has 2 aromatic rings. The van der Waals surface area contributed by atoms with E-state index in [9.17, 15) is 19.2 Å². The van der Waals surface area contributed by atoms with E-state index in [1.54, 1.807) is 23.8 Å². The van der Waals surface area contributed by atoms with Gasteiger partial charge in [-0.15, -0.1) is 0 Å². The van der Waals surface area contributed by atoms with E-state index in [0.717, 1.165) is 44.3 Å². The van der Waals surface area contributed by atoms with Crippen LogP contribution in [-0.4, -0.2) is 154 Å². The molecule has 0 aromatic heterocycles. The first-order valence-electron chi connectivity index (χ1n) is 25.3. The van der Waals surface area contributed by atoms with Crippen molar-refractivity contribution in [3.05, 3.63) is 82.0 Å². The molecule has 2 saturated carbocycles. The fourth-order valence-electron chi connectivity index (χ4n) is 10.8. The van der Waals surface area contributed by atoms with Crippen molar-refractivity contribution in [2.75, 3.05) is 129 Å². The summed E-state index contributed by atoms with van der Waals surface area (Å²) in [4.78, 5) is 50.5. The summed E-state index contributed by atoms with van der Waals surface area (Å²) in [5.41, 5.74) is 8.55. The van der Waals surface area contributed by atoms with Gasteiger partial charge in [0, 0.05) is 69.2 Å². The number of benzene rings is 2. The highest BCUT2D eigenvalue weighted by molar-refractivity contribution is 6.10. The van der Waals surface area contributed by atoms with Gasteiger partial charge in [-0.2, -0.15) is 0 Å². The van der Waals surface area contributed by atoms with Crippen LogP contribution in [0.4, 0.5) is 11.4 Å². The molecule has 1 amide bonds. The highest BCUT2D eigenvalue weighted by Crippen LogP contribution is 2.68. The van der Waals surface area contributed by atoms with Gasteiger partial charge in [-0.1, -0.05) is 29.8 Å². The number of fused-ring (bicyclic) bond motifs is 3. The average Bonchev–Trinajstić information content (AvgIpc) is 3.92. The molecule has 2 aromatic carbocycles. The summed E-state index contributed by atoms with van der Waals surface area (Å²) in [6, 6.07) is 14.4. The molecule has 15 nitrogen and oxygen atoms in total. The number of ether oxygens (including phenoxy) is 8. The number of allylic oxidation sites excluding steroid dienone is 4. The van der Waals surface area contributed by atoms with Gasteiger partial charge >= 0.3 is 0 Å². The molecule has 0 radical (unpaired) electrons. The number of ketones is 3. The van der Waals surface area contributed by atoms with Crippen LogP contribution in [-0.2, 0) is 47.5 Å².